The van der Waals surface area contributed by atoms with Gasteiger partial charge in [0.1, 0.15) is 11.6 Å². The number of ketones is 2. The Kier molecular flexibility index (Phi) is 5.00. The number of carbonyl (C=O) groups excluding carboxylic acids is 2. The minimum Gasteiger partial charge on any atom is -0.300 e. The van der Waals surface area contributed by atoms with Gasteiger partial charge in [-0.25, -0.2) is 0 Å². The summed E-state index contributed by atoms with van der Waals surface area (Å²) in [5.74, 6) is 1.17. The van der Waals surface area contributed by atoms with Crippen molar-refractivity contribution in [2.45, 2.75) is 58.8 Å². The summed E-state index contributed by atoms with van der Waals surface area (Å²) in [6.45, 7) is 4.20. The van der Waals surface area contributed by atoms with Crippen molar-refractivity contribution >= 4 is 11.6 Å². The summed E-state index contributed by atoms with van der Waals surface area (Å²) in [6, 6.07) is 0. The standard InChI is InChI=1S/C13H22O2/c1-3-4-5-12(14)9-11-7-6-10(2)8-13(11)15/h10-11H,3-9H2,1-2H3. The lowest BCUT2D eigenvalue weighted by Crippen LogP contribution is -2.25. The zero-order valence-corrected chi connectivity index (χ0v) is 9.92. The summed E-state index contributed by atoms with van der Waals surface area (Å²) in [6.07, 6.45) is 5.92. The molecule has 1 aliphatic rings. The van der Waals surface area contributed by atoms with Crippen LogP contribution in [0.4, 0.5) is 0 Å². The molecule has 0 saturated heterocycles. The first kappa shape index (κ1) is 12.4. The van der Waals surface area contributed by atoms with E-state index in [1.54, 1.807) is 0 Å². The first-order valence-corrected chi connectivity index (χ1v) is 6.18. The molecule has 0 amide bonds. The van der Waals surface area contributed by atoms with E-state index in [4.69, 9.17) is 0 Å². The molecule has 0 heterocycles. The van der Waals surface area contributed by atoms with Gasteiger partial charge in [0.15, 0.2) is 0 Å². The van der Waals surface area contributed by atoms with E-state index in [0.717, 1.165) is 25.7 Å². The Hall–Kier alpha value is -0.660. The second kappa shape index (κ2) is 6.04. The highest BCUT2D eigenvalue weighted by Gasteiger charge is 2.27. The molecule has 0 aromatic heterocycles. The summed E-state index contributed by atoms with van der Waals surface area (Å²) >= 11 is 0. The van der Waals surface area contributed by atoms with Crippen LogP contribution in [0.3, 0.4) is 0 Å². The topological polar surface area (TPSA) is 34.1 Å². The molecule has 1 rings (SSSR count). The van der Waals surface area contributed by atoms with E-state index in [2.05, 4.69) is 13.8 Å². The van der Waals surface area contributed by atoms with Crippen LogP contribution in [0.15, 0.2) is 0 Å². The molecule has 0 aromatic rings. The fourth-order valence-electron chi connectivity index (χ4n) is 2.23. The molecule has 2 heteroatoms. The summed E-state index contributed by atoms with van der Waals surface area (Å²) < 4.78 is 0. The Morgan fingerprint density at radius 1 is 1.40 bits per heavy atom. The molecule has 0 aliphatic heterocycles. The maximum absolute atomic E-state index is 11.7. The summed E-state index contributed by atoms with van der Waals surface area (Å²) in [5, 5.41) is 0. The molecule has 0 bridgehead atoms. The van der Waals surface area contributed by atoms with Gasteiger partial charge in [-0.05, 0) is 25.2 Å². The van der Waals surface area contributed by atoms with Crippen LogP contribution in [0.1, 0.15) is 58.8 Å². The van der Waals surface area contributed by atoms with Crippen molar-refractivity contribution in [3.8, 4) is 0 Å². The van der Waals surface area contributed by atoms with Crippen molar-refractivity contribution in [1.29, 1.82) is 0 Å². The van der Waals surface area contributed by atoms with Crippen LogP contribution >= 0.6 is 0 Å². The number of hydrogen-bond acceptors (Lipinski definition) is 2. The second-order valence-corrected chi connectivity index (χ2v) is 4.90. The monoisotopic (exact) mass is 210 g/mol. The summed E-state index contributed by atoms with van der Waals surface area (Å²) in [5.41, 5.74) is 0. The summed E-state index contributed by atoms with van der Waals surface area (Å²) in [4.78, 5) is 23.2. The van der Waals surface area contributed by atoms with Crippen LogP contribution in [0.2, 0.25) is 0 Å². The van der Waals surface area contributed by atoms with Crippen LogP contribution in [-0.4, -0.2) is 11.6 Å². The molecule has 15 heavy (non-hydrogen) atoms. The molecule has 0 spiro atoms. The molecule has 1 aliphatic carbocycles. The van der Waals surface area contributed by atoms with Crippen LogP contribution in [0.25, 0.3) is 0 Å². The highest BCUT2D eigenvalue weighted by molar-refractivity contribution is 5.88. The lowest BCUT2D eigenvalue weighted by atomic mass is 9.79. The normalized spacial score (nSPS) is 26.7. The van der Waals surface area contributed by atoms with Crippen LogP contribution in [0.5, 0.6) is 0 Å². The number of Topliss-reactive ketones (excluding diaryl/α,β-unsaturated/α-hetero) is 2. The highest BCUT2D eigenvalue weighted by Crippen LogP contribution is 2.28. The SMILES string of the molecule is CCCCC(=O)CC1CCC(C)CC1=O. The minimum absolute atomic E-state index is 0.0468. The van der Waals surface area contributed by atoms with Gasteiger partial charge in [-0.2, -0.15) is 0 Å². The molecule has 2 nitrogen and oxygen atoms in total. The zero-order valence-electron chi connectivity index (χ0n) is 9.92. The number of unbranched alkanes of at least 4 members (excludes halogenated alkanes) is 1. The van der Waals surface area contributed by atoms with Crippen molar-refractivity contribution in [1.82, 2.24) is 0 Å². The average molecular weight is 210 g/mol. The molecular weight excluding hydrogens is 188 g/mol. The van der Waals surface area contributed by atoms with E-state index in [-0.39, 0.29) is 11.7 Å². The van der Waals surface area contributed by atoms with Crippen molar-refractivity contribution in [3.63, 3.8) is 0 Å². The highest BCUT2D eigenvalue weighted by atomic mass is 16.1. The third kappa shape index (κ3) is 4.15. The smallest absolute Gasteiger partial charge is 0.136 e. The van der Waals surface area contributed by atoms with E-state index in [9.17, 15) is 9.59 Å². The quantitative estimate of drug-likeness (QED) is 0.698. The Morgan fingerprint density at radius 3 is 2.73 bits per heavy atom. The number of hydrogen-bond donors (Lipinski definition) is 0. The first-order chi connectivity index (χ1) is 7.13. The molecule has 0 N–H and O–H groups in total. The average Bonchev–Trinajstić information content (AvgIpc) is 2.19. The van der Waals surface area contributed by atoms with Gasteiger partial charge in [0, 0.05) is 25.2 Å². The molecule has 1 saturated carbocycles. The molecule has 2 atom stereocenters. The molecule has 1 fully saturated rings. The van der Waals surface area contributed by atoms with Gasteiger partial charge in [-0.3, -0.25) is 9.59 Å². The number of carbonyl (C=O) groups is 2. The Labute approximate surface area is 92.4 Å². The van der Waals surface area contributed by atoms with Crippen LogP contribution in [0, 0.1) is 11.8 Å². The maximum atomic E-state index is 11.7. The summed E-state index contributed by atoms with van der Waals surface area (Å²) in [7, 11) is 0. The van der Waals surface area contributed by atoms with E-state index in [1.165, 1.54) is 0 Å². The van der Waals surface area contributed by atoms with Gasteiger partial charge in [-0.15, -0.1) is 0 Å². The molecule has 2 unspecified atom stereocenters. The van der Waals surface area contributed by atoms with E-state index in [0.29, 0.717) is 31.0 Å². The molecular formula is C13H22O2. The predicted octanol–water partition coefficient (Wildman–Crippen LogP) is 3.14. The van der Waals surface area contributed by atoms with Crippen molar-refractivity contribution in [3.05, 3.63) is 0 Å². The Balaban J connectivity index is 2.31. The van der Waals surface area contributed by atoms with E-state index < -0.39 is 0 Å². The van der Waals surface area contributed by atoms with Gasteiger partial charge in [0.25, 0.3) is 0 Å². The molecule has 0 radical (unpaired) electrons. The fourth-order valence-corrected chi connectivity index (χ4v) is 2.23. The largest absolute Gasteiger partial charge is 0.300 e. The van der Waals surface area contributed by atoms with Gasteiger partial charge in [0.05, 0.1) is 0 Å². The van der Waals surface area contributed by atoms with Crippen molar-refractivity contribution in [2.75, 3.05) is 0 Å². The van der Waals surface area contributed by atoms with Gasteiger partial charge in [0.2, 0.25) is 0 Å². The fraction of sp³-hybridized carbons (Fsp3) is 0.846. The Morgan fingerprint density at radius 2 is 2.13 bits per heavy atom. The third-order valence-electron chi connectivity index (χ3n) is 3.30. The van der Waals surface area contributed by atoms with E-state index in [1.807, 2.05) is 0 Å². The first-order valence-electron chi connectivity index (χ1n) is 6.18. The zero-order chi connectivity index (χ0) is 11.3. The molecule has 86 valence electrons. The minimum atomic E-state index is 0.0468. The lowest BCUT2D eigenvalue weighted by Gasteiger charge is -2.24. The van der Waals surface area contributed by atoms with Crippen molar-refractivity contribution < 1.29 is 9.59 Å². The van der Waals surface area contributed by atoms with Gasteiger partial charge in [-0.1, -0.05) is 20.3 Å². The lowest BCUT2D eigenvalue weighted by molar-refractivity contribution is -0.130. The van der Waals surface area contributed by atoms with Gasteiger partial charge >= 0.3 is 0 Å². The number of rotatable bonds is 5. The molecule has 0 aromatic carbocycles. The van der Waals surface area contributed by atoms with Crippen LogP contribution in [-0.2, 0) is 9.59 Å². The second-order valence-electron chi connectivity index (χ2n) is 4.90. The van der Waals surface area contributed by atoms with Crippen LogP contribution < -0.4 is 0 Å². The van der Waals surface area contributed by atoms with Crippen molar-refractivity contribution in [2.24, 2.45) is 11.8 Å². The third-order valence-corrected chi connectivity index (χ3v) is 3.30. The maximum Gasteiger partial charge on any atom is 0.136 e. The Bertz CT molecular complexity index is 233. The van der Waals surface area contributed by atoms with E-state index >= 15 is 0 Å². The van der Waals surface area contributed by atoms with Gasteiger partial charge < -0.3 is 0 Å². The predicted molar refractivity (Wildman–Crippen MR) is 60.7 cm³/mol.